The van der Waals surface area contributed by atoms with E-state index in [0.29, 0.717) is 25.5 Å². The Bertz CT molecular complexity index is 561. The van der Waals surface area contributed by atoms with Gasteiger partial charge in [0.25, 0.3) is 0 Å². The van der Waals surface area contributed by atoms with E-state index >= 15 is 0 Å². The zero-order valence-corrected chi connectivity index (χ0v) is 17.5. The van der Waals surface area contributed by atoms with Crippen LogP contribution in [0.5, 0.6) is 5.75 Å². The summed E-state index contributed by atoms with van der Waals surface area (Å²) >= 11 is 0. The van der Waals surface area contributed by atoms with Crippen LogP contribution in [-0.2, 0) is 9.47 Å². The molecular formula is C22H36N2O4. The van der Waals surface area contributed by atoms with Crippen molar-refractivity contribution in [1.29, 1.82) is 0 Å². The van der Waals surface area contributed by atoms with Crippen molar-refractivity contribution in [2.24, 2.45) is 0 Å². The number of amides is 1. The molecule has 2 rings (SSSR count). The van der Waals surface area contributed by atoms with E-state index in [0.717, 1.165) is 38.1 Å². The maximum Gasteiger partial charge on any atom is 0.413 e. The third-order valence-electron chi connectivity index (χ3n) is 4.85. The minimum Gasteiger partial charge on any atom is -0.494 e. The number of rotatable bonds is 13. The van der Waals surface area contributed by atoms with E-state index in [1.165, 1.54) is 25.7 Å². The van der Waals surface area contributed by atoms with Gasteiger partial charge in [0.1, 0.15) is 5.75 Å². The highest BCUT2D eigenvalue weighted by Gasteiger charge is 2.25. The fourth-order valence-corrected chi connectivity index (χ4v) is 3.29. The molecule has 1 unspecified atom stereocenters. The fourth-order valence-electron chi connectivity index (χ4n) is 3.29. The molecule has 0 radical (unpaired) electrons. The third kappa shape index (κ3) is 8.48. The van der Waals surface area contributed by atoms with Crippen molar-refractivity contribution in [2.75, 3.05) is 38.2 Å². The molecule has 1 aliphatic rings. The summed E-state index contributed by atoms with van der Waals surface area (Å²) < 4.78 is 16.9. The second-order valence-electron chi connectivity index (χ2n) is 7.18. The third-order valence-corrected chi connectivity index (χ3v) is 4.85. The average Bonchev–Trinajstić information content (AvgIpc) is 3.23. The van der Waals surface area contributed by atoms with Gasteiger partial charge in [0.05, 0.1) is 13.2 Å². The Labute approximate surface area is 169 Å². The summed E-state index contributed by atoms with van der Waals surface area (Å²) in [7, 11) is 0. The lowest BCUT2D eigenvalue weighted by Gasteiger charge is -2.26. The standard InChI is InChI=1S/C22H36N2O4/c1-3-5-6-7-10-16-27-20-13-11-12-19(17-20)23-22(25)28-21(18-26-4-2)24-14-8-9-15-24/h11-13,17,21H,3-10,14-16,18H2,1-2H3,(H,23,25). The highest BCUT2D eigenvalue weighted by Crippen LogP contribution is 2.19. The van der Waals surface area contributed by atoms with E-state index in [9.17, 15) is 4.79 Å². The van der Waals surface area contributed by atoms with Crippen LogP contribution in [0, 0.1) is 0 Å². The van der Waals surface area contributed by atoms with Crippen molar-refractivity contribution in [2.45, 2.75) is 65.0 Å². The molecule has 158 valence electrons. The topological polar surface area (TPSA) is 60.0 Å². The Morgan fingerprint density at radius 3 is 2.68 bits per heavy atom. The summed E-state index contributed by atoms with van der Waals surface area (Å²) in [5, 5.41) is 2.81. The number of unbranched alkanes of at least 4 members (excludes halogenated alkanes) is 4. The van der Waals surface area contributed by atoms with Gasteiger partial charge in [-0.15, -0.1) is 0 Å². The van der Waals surface area contributed by atoms with E-state index < -0.39 is 6.09 Å². The van der Waals surface area contributed by atoms with Crippen molar-refractivity contribution in [3.05, 3.63) is 24.3 Å². The average molecular weight is 393 g/mol. The number of carbonyl (C=O) groups excluding carboxylic acids is 1. The number of anilines is 1. The van der Waals surface area contributed by atoms with Crippen LogP contribution in [0.4, 0.5) is 10.5 Å². The molecule has 1 amide bonds. The minimum absolute atomic E-state index is 0.343. The molecule has 6 heteroatoms. The lowest BCUT2D eigenvalue weighted by atomic mass is 10.2. The Morgan fingerprint density at radius 1 is 1.14 bits per heavy atom. The summed E-state index contributed by atoms with van der Waals surface area (Å²) in [6.07, 6.45) is 7.48. The fraction of sp³-hybridized carbons (Fsp3) is 0.682. The van der Waals surface area contributed by atoms with Crippen molar-refractivity contribution < 1.29 is 19.0 Å². The van der Waals surface area contributed by atoms with Crippen molar-refractivity contribution in [1.82, 2.24) is 4.90 Å². The summed E-state index contributed by atoms with van der Waals surface area (Å²) in [5.41, 5.74) is 0.671. The van der Waals surface area contributed by atoms with Crippen LogP contribution >= 0.6 is 0 Å². The molecule has 1 fully saturated rings. The van der Waals surface area contributed by atoms with Gasteiger partial charge in [0.15, 0.2) is 6.23 Å². The Balaban J connectivity index is 1.78. The lowest BCUT2D eigenvalue weighted by molar-refractivity contribution is -0.0507. The van der Waals surface area contributed by atoms with Crippen LogP contribution in [0.25, 0.3) is 0 Å². The van der Waals surface area contributed by atoms with Gasteiger partial charge in [0.2, 0.25) is 0 Å². The van der Waals surface area contributed by atoms with E-state index in [4.69, 9.17) is 14.2 Å². The Morgan fingerprint density at radius 2 is 1.93 bits per heavy atom. The van der Waals surface area contributed by atoms with E-state index in [1.807, 2.05) is 31.2 Å². The minimum atomic E-state index is -0.465. The molecule has 1 atom stereocenters. The molecule has 0 aliphatic carbocycles. The van der Waals surface area contributed by atoms with Crippen LogP contribution in [0.1, 0.15) is 58.8 Å². The smallest absolute Gasteiger partial charge is 0.413 e. The molecular weight excluding hydrogens is 356 g/mol. The van der Waals surface area contributed by atoms with Gasteiger partial charge in [-0.1, -0.05) is 38.7 Å². The number of hydrogen-bond acceptors (Lipinski definition) is 5. The Kier molecular flexibility index (Phi) is 10.8. The first kappa shape index (κ1) is 22.5. The van der Waals surface area contributed by atoms with Gasteiger partial charge in [-0.3, -0.25) is 10.2 Å². The zero-order chi connectivity index (χ0) is 20.0. The number of hydrogen-bond donors (Lipinski definition) is 1. The second kappa shape index (κ2) is 13.4. The van der Waals surface area contributed by atoms with Gasteiger partial charge in [-0.05, 0) is 38.3 Å². The molecule has 0 spiro atoms. The highest BCUT2D eigenvalue weighted by molar-refractivity contribution is 5.84. The number of nitrogens with one attached hydrogen (secondary N) is 1. The molecule has 0 bridgehead atoms. The van der Waals surface area contributed by atoms with Crippen LogP contribution in [-0.4, -0.2) is 50.1 Å². The SMILES string of the molecule is CCCCCCCOc1cccc(NC(=O)OC(COCC)N2CCCC2)c1. The van der Waals surface area contributed by atoms with E-state index in [1.54, 1.807) is 0 Å². The molecule has 1 saturated heterocycles. The summed E-state index contributed by atoms with van der Waals surface area (Å²) in [5.74, 6) is 0.763. The normalized spacial score (nSPS) is 15.4. The van der Waals surface area contributed by atoms with Gasteiger partial charge in [0, 0.05) is 31.5 Å². The zero-order valence-electron chi connectivity index (χ0n) is 17.5. The predicted octanol–water partition coefficient (Wildman–Crippen LogP) is 5.04. The quantitative estimate of drug-likeness (QED) is 0.476. The maximum atomic E-state index is 12.4. The predicted molar refractivity (Wildman–Crippen MR) is 112 cm³/mol. The number of likely N-dealkylation sites (tertiary alicyclic amines) is 1. The van der Waals surface area contributed by atoms with Crippen molar-refractivity contribution >= 4 is 11.8 Å². The monoisotopic (exact) mass is 392 g/mol. The Hall–Kier alpha value is -1.79. The molecule has 1 aromatic rings. The summed E-state index contributed by atoms with van der Waals surface area (Å²) in [6, 6.07) is 7.45. The maximum absolute atomic E-state index is 12.4. The molecule has 28 heavy (non-hydrogen) atoms. The summed E-state index contributed by atoms with van der Waals surface area (Å²) in [6.45, 7) is 7.72. The van der Waals surface area contributed by atoms with Gasteiger partial charge < -0.3 is 14.2 Å². The first-order valence-corrected chi connectivity index (χ1v) is 10.7. The van der Waals surface area contributed by atoms with Crippen LogP contribution < -0.4 is 10.1 Å². The number of ether oxygens (including phenoxy) is 3. The molecule has 0 saturated carbocycles. The van der Waals surface area contributed by atoms with Crippen LogP contribution in [0.15, 0.2) is 24.3 Å². The number of nitrogens with zero attached hydrogens (tertiary/aromatic N) is 1. The molecule has 0 aromatic heterocycles. The molecule has 1 aliphatic heterocycles. The number of carbonyl (C=O) groups is 1. The summed E-state index contributed by atoms with van der Waals surface area (Å²) in [4.78, 5) is 14.5. The molecule has 6 nitrogen and oxygen atoms in total. The van der Waals surface area contributed by atoms with Crippen molar-refractivity contribution in [3.8, 4) is 5.75 Å². The van der Waals surface area contributed by atoms with Crippen molar-refractivity contribution in [3.63, 3.8) is 0 Å². The molecule has 1 N–H and O–H groups in total. The molecule has 1 aromatic carbocycles. The van der Waals surface area contributed by atoms with Crippen LogP contribution in [0.2, 0.25) is 0 Å². The van der Waals surface area contributed by atoms with E-state index in [2.05, 4.69) is 17.1 Å². The lowest BCUT2D eigenvalue weighted by Crippen LogP contribution is -2.41. The number of benzene rings is 1. The van der Waals surface area contributed by atoms with Gasteiger partial charge in [-0.25, -0.2) is 4.79 Å². The first-order chi connectivity index (χ1) is 13.7. The van der Waals surface area contributed by atoms with Gasteiger partial charge in [-0.2, -0.15) is 0 Å². The van der Waals surface area contributed by atoms with E-state index in [-0.39, 0.29) is 6.23 Å². The largest absolute Gasteiger partial charge is 0.494 e. The second-order valence-corrected chi connectivity index (χ2v) is 7.18. The highest BCUT2D eigenvalue weighted by atomic mass is 16.6. The molecule has 1 heterocycles. The van der Waals surface area contributed by atoms with Gasteiger partial charge >= 0.3 is 6.09 Å². The first-order valence-electron chi connectivity index (χ1n) is 10.7. The van der Waals surface area contributed by atoms with Crippen LogP contribution in [0.3, 0.4) is 0 Å².